The summed E-state index contributed by atoms with van der Waals surface area (Å²) in [5, 5.41) is 0.688. The van der Waals surface area contributed by atoms with Crippen LogP contribution in [-0.2, 0) is 4.79 Å². The van der Waals surface area contributed by atoms with E-state index in [2.05, 4.69) is 18.8 Å². The lowest BCUT2D eigenvalue weighted by molar-refractivity contribution is -0.132. The van der Waals surface area contributed by atoms with Gasteiger partial charge in [0.15, 0.2) is 0 Å². The molecule has 0 bridgehead atoms. The van der Waals surface area contributed by atoms with Crippen LogP contribution >= 0.6 is 11.6 Å². The first-order valence-corrected chi connectivity index (χ1v) is 8.90. The number of hydrogen-bond acceptors (Lipinski definition) is 3. The number of rotatable bonds is 8. The van der Waals surface area contributed by atoms with Crippen LogP contribution in [0.4, 0.5) is 0 Å². The van der Waals surface area contributed by atoms with Crippen molar-refractivity contribution in [2.75, 3.05) is 20.2 Å². The predicted octanol–water partition coefficient (Wildman–Crippen LogP) is 4.40. The van der Waals surface area contributed by atoms with Crippen LogP contribution < -0.4 is 4.74 Å². The third kappa shape index (κ3) is 5.75. The first-order valence-electron chi connectivity index (χ1n) is 8.52. The highest BCUT2D eigenvalue weighted by molar-refractivity contribution is 6.30. The number of aromatic nitrogens is 1. The molecule has 0 fully saturated rings. The molecule has 0 aliphatic rings. The van der Waals surface area contributed by atoms with Gasteiger partial charge in [-0.25, -0.2) is 0 Å². The molecule has 1 aromatic heterocycles. The minimum absolute atomic E-state index is 0.120. The standard InChI is InChI=1S/C20H25ClN2O2/c1-15(2)19(16-6-4-11-22-14-16)20(24)23(3)12-5-13-25-18-9-7-17(21)8-10-18/h4,6-11,14-15,19H,5,12-13H2,1-3H3/t19-/m1/s1. The fourth-order valence-corrected chi connectivity index (χ4v) is 2.87. The van der Waals surface area contributed by atoms with Crippen molar-refractivity contribution < 1.29 is 9.53 Å². The molecule has 4 nitrogen and oxygen atoms in total. The van der Waals surface area contributed by atoms with Gasteiger partial charge < -0.3 is 9.64 Å². The largest absolute Gasteiger partial charge is 0.494 e. The van der Waals surface area contributed by atoms with Crippen LogP contribution in [0.1, 0.15) is 31.7 Å². The van der Waals surface area contributed by atoms with Crippen LogP contribution in [0, 0.1) is 5.92 Å². The Labute approximate surface area is 154 Å². The molecule has 1 amide bonds. The Morgan fingerprint density at radius 2 is 1.96 bits per heavy atom. The van der Waals surface area contributed by atoms with Gasteiger partial charge in [-0.2, -0.15) is 0 Å². The Balaban J connectivity index is 1.85. The molecule has 25 heavy (non-hydrogen) atoms. The lowest BCUT2D eigenvalue weighted by Gasteiger charge is -2.26. The van der Waals surface area contributed by atoms with Gasteiger partial charge in [0.25, 0.3) is 0 Å². The van der Waals surface area contributed by atoms with Gasteiger partial charge >= 0.3 is 0 Å². The number of pyridine rings is 1. The molecule has 134 valence electrons. The van der Waals surface area contributed by atoms with E-state index in [0.717, 1.165) is 17.7 Å². The van der Waals surface area contributed by atoms with Crippen LogP contribution in [0.25, 0.3) is 0 Å². The third-order valence-corrected chi connectivity index (χ3v) is 4.32. The smallest absolute Gasteiger partial charge is 0.230 e. The summed E-state index contributed by atoms with van der Waals surface area (Å²) in [4.78, 5) is 18.8. The number of nitrogens with zero attached hydrogens (tertiary/aromatic N) is 2. The van der Waals surface area contributed by atoms with Crippen molar-refractivity contribution in [3.05, 3.63) is 59.4 Å². The van der Waals surface area contributed by atoms with Crippen LogP contribution in [0.2, 0.25) is 5.02 Å². The molecule has 0 saturated carbocycles. The number of amides is 1. The number of carbonyl (C=O) groups is 1. The van der Waals surface area contributed by atoms with E-state index in [1.807, 2.05) is 31.3 Å². The van der Waals surface area contributed by atoms with Gasteiger partial charge in [0.05, 0.1) is 12.5 Å². The topological polar surface area (TPSA) is 42.4 Å². The zero-order valence-electron chi connectivity index (χ0n) is 15.0. The van der Waals surface area contributed by atoms with E-state index in [0.29, 0.717) is 18.2 Å². The van der Waals surface area contributed by atoms with Crippen molar-refractivity contribution in [2.24, 2.45) is 5.92 Å². The Kier molecular flexibility index (Phi) is 7.26. The fourth-order valence-electron chi connectivity index (χ4n) is 2.74. The van der Waals surface area contributed by atoms with Gasteiger partial charge in [0, 0.05) is 31.0 Å². The SMILES string of the molecule is CC(C)[C@@H](C(=O)N(C)CCCOc1ccc(Cl)cc1)c1cccnc1. The highest BCUT2D eigenvalue weighted by Crippen LogP contribution is 2.25. The molecule has 0 saturated heterocycles. The van der Waals surface area contributed by atoms with Crippen molar-refractivity contribution in [1.29, 1.82) is 0 Å². The number of ether oxygens (including phenoxy) is 1. The molecule has 0 aliphatic heterocycles. The second kappa shape index (κ2) is 9.42. The van der Waals surface area contributed by atoms with Crippen molar-refractivity contribution in [2.45, 2.75) is 26.2 Å². The summed E-state index contributed by atoms with van der Waals surface area (Å²) >= 11 is 5.85. The highest BCUT2D eigenvalue weighted by Gasteiger charge is 2.26. The van der Waals surface area contributed by atoms with Crippen molar-refractivity contribution in [3.63, 3.8) is 0 Å². The second-order valence-corrected chi connectivity index (χ2v) is 6.86. The molecule has 0 unspecified atom stereocenters. The van der Waals surface area contributed by atoms with Gasteiger partial charge in [0.1, 0.15) is 5.75 Å². The van der Waals surface area contributed by atoms with E-state index in [9.17, 15) is 4.79 Å². The molecule has 1 atom stereocenters. The average molecular weight is 361 g/mol. The number of benzene rings is 1. The van der Waals surface area contributed by atoms with Gasteiger partial charge in [-0.3, -0.25) is 9.78 Å². The maximum absolute atomic E-state index is 12.8. The summed E-state index contributed by atoms with van der Waals surface area (Å²) in [5.41, 5.74) is 0.965. The summed E-state index contributed by atoms with van der Waals surface area (Å²) < 4.78 is 5.68. The summed E-state index contributed by atoms with van der Waals surface area (Å²) in [7, 11) is 1.84. The lowest BCUT2D eigenvalue weighted by atomic mass is 9.88. The van der Waals surface area contributed by atoms with Gasteiger partial charge in [-0.1, -0.05) is 31.5 Å². The Bertz CT molecular complexity index is 659. The normalized spacial score (nSPS) is 12.0. The van der Waals surface area contributed by atoms with E-state index in [4.69, 9.17) is 16.3 Å². The summed E-state index contributed by atoms with van der Waals surface area (Å²) in [6.45, 7) is 5.33. The molecule has 0 aliphatic carbocycles. The minimum atomic E-state index is -0.170. The molecule has 2 rings (SSSR count). The monoisotopic (exact) mass is 360 g/mol. The molecule has 5 heteroatoms. The van der Waals surface area contributed by atoms with Crippen LogP contribution in [0.3, 0.4) is 0 Å². The number of likely N-dealkylation sites (N-methyl/N-ethyl adjacent to an activating group) is 1. The number of carbonyl (C=O) groups excluding carboxylic acids is 1. The van der Waals surface area contributed by atoms with Gasteiger partial charge in [-0.05, 0) is 48.2 Å². The quantitative estimate of drug-likeness (QED) is 0.655. The van der Waals surface area contributed by atoms with Crippen molar-refractivity contribution in [1.82, 2.24) is 9.88 Å². The highest BCUT2D eigenvalue weighted by atomic mass is 35.5. The Hall–Kier alpha value is -2.07. The molecular weight excluding hydrogens is 336 g/mol. The van der Waals surface area contributed by atoms with E-state index in [-0.39, 0.29) is 17.7 Å². The number of halogens is 1. The maximum atomic E-state index is 12.8. The molecule has 0 radical (unpaired) electrons. The third-order valence-electron chi connectivity index (χ3n) is 4.07. The van der Waals surface area contributed by atoms with E-state index in [1.165, 1.54) is 0 Å². The van der Waals surface area contributed by atoms with E-state index >= 15 is 0 Å². The van der Waals surface area contributed by atoms with E-state index in [1.54, 1.807) is 29.4 Å². The van der Waals surface area contributed by atoms with Gasteiger partial charge in [-0.15, -0.1) is 0 Å². The molecule has 1 aromatic carbocycles. The Morgan fingerprint density at radius 1 is 1.24 bits per heavy atom. The molecule has 0 N–H and O–H groups in total. The zero-order chi connectivity index (χ0) is 18.2. The minimum Gasteiger partial charge on any atom is -0.494 e. The van der Waals surface area contributed by atoms with Crippen LogP contribution in [0.5, 0.6) is 5.75 Å². The van der Waals surface area contributed by atoms with Crippen molar-refractivity contribution in [3.8, 4) is 5.75 Å². The first kappa shape index (κ1) is 19.3. The first-order chi connectivity index (χ1) is 12.0. The summed E-state index contributed by atoms with van der Waals surface area (Å²) in [6, 6.07) is 11.1. The molecular formula is C20H25ClN2O2. The van der Waals surface area contributed by atoms with Crippen LogP contribution in [0.15, 0.2) is 48.8 Å². The predicted molar refractivity (Wildman–Crippen MR) is 101 cm³/mol. The number of hydrogen-bond donors (Lipinski definition) is 0. The summed E-state index contributed by atoms with van der Waals surface area (Å²) in [6.07, 6.45) is 4.27. The molecule has 0 spiro atoms. The fraction of sp³-hybridized carbons (Fsp3) is 0.400. The zero-order valence-corrected chi connectivity index (χ0v) is 15.7. The van der Waals surface area contributed by atoms with Gasteiger partial charge in [0.2, 0.25) is 5.91 Å². The summed E-state index contributed by atoms with van der Waals surface area (Å²) in [5.74, 6) is 0.948. The molecule has 2 aromatic rings. The lowest BCUT2D eigenvalue weighted by Crippen LogP contribution is -2.35. The van der Waals surface area contributed by atoms with Crippen molar-refractivity contribution >= 4 is 17.5 Å². The second-order valence-electron chi connectivity index (χ2n) is 6.42. The van der Waals surface area contributed by atoms with E-state index < -0.39 is 0 Å². The Morgan fingerprint density at radius 3 is 2.56 bits per heavy atom. The maximum Gasteiger partial charge on any atom is 0.230 e. The van der Waals surface area contributed by atoms with Crippen LogP contribution in [-0.4, -0.2) is 36.0 Å². The average Bonchev–Trinajstić information content (AvgIpc) is 2.60. The molecule has 1 heterocycles.